The van der Waals surface area contributed by atoms with Crippen molar-refractivity contribution in [1.29, 1.82) is 0 Å². The van der Waals surface area contributed by atoms with Crippen LogP contribution in [-0.2, 0) is 16.0 Å². The van der Waals surface area contributed by atoms with Crippen molar-refractivity contribution in [3.63, 3.8) is 0 Å². The van der Waals surface area contributed by atoms with E-state index >= 15 is 0 Å². The highest BCUT2D eigenvalue weighted by Crippen LogP contribution is 2.21. The van der Waals surface area contributed by atoms with E-state index in [0.29, 0.717) is 24.9 Å². The lowest BCUT2D eigenvalue weighted by Gasteiger charge is -2.37. The van der Waals surface area contributed by atoms with Gasteiger partial charge in [0.05, 0.1) is 12.7 Å². The summed E-state index contributed by atoms with van der Waals surface area (Å²) < 4.78 is 16.8. The van der Waals surface area contributed by atoms with Gasteiger partial charge in [-0.25, -0.2) is 4.99 Å². The number of aliphatic imine (C=N–C) groups is 1. The van der Waals surface area contributed by atoms with Crippen LogP contribution < -0.4 is 5.32 Å². The molecule has 0 spiro atoms. The lowest BCUT2D eigenvalue weighted by molar-refractivity contribution is -0.0817. The van der Waals surface area contributed by atoms with Crippen LogP contribution in [0.4, 0.5) is 0 Å². The van der Waals surface area contributed by atoms with Crippen LogP contribution in [0.15, 0.2) is 9.52 Å². The highest BCUT2D eigenvalue weighted by Gasteiger charge is 2.32. The first-order valence-corrected chi connectivity index (χ1v) is 8.32. The number of morpholine rings is 1. The van der Waals surface area contributed by atoms with Crippen molar-refractivity contribution in [2.45, 2.75) is 45.4 Å². The third-order valence-corrected chi connectivity index (χ3v) is 4.04. The molecule has 2 saturated heterocycles. The molecule has 0 saturated carbocycles. The zero-order chi connectivity index (χ0) is 16.1. The summed E-state index contributed by atoms with van der Waals surface area (Å²) in [7, 11) is 0. The van der Waals surface area contributed by atoms with E-state index in [9.17, 15) is 0 Å². The fourth-order valence-electron chi connectivity index (χ4n) is 2.96. The second-order valence-electron chi connectivity index (χ2n) is 5.81. The summed E-state index contributed by atoms with van der Waals surface area (Å²) in [6.07, 6.45) is 2.52. The average molecular weight is 323 g/mol. The molecule has 0 bridgehead atoms. The molecule has 2 fully saturated rings. The summed E-state index contributed by atoms with van der Waals surface area (Å²) in [6, 6.07) is 0. The molecule has 23 heavy (non-hydrogen) atoms. The Morgan fingerprint density at radius 2 is 2.22 bits per heavy atom. The molecule has 2 aliphatic heterocycles. The van der Waals surface area contributed by atoms with Gasteiger partial charge in [0.2, 0.25) is 5.89 Å². The molecule has 128 valence electrons. The van der Waals surface area contributed by atoms with Crippen LogP contribution in [0.25, 0.3) is 0 Å². The molecule has 2 aliphatic rings. The van der Waals surface area contributed by atoms with Gasteiger partial charge >= 0.3 is 0 Å². The maximum absolute atomic E-state index is 5.90. The second kappa shape index (κ2) is 7.74. The van der Waals surface area contributed by atoms with E-state index in [-0.39, 0.29) is 12.2 Å². The van der Waals surface area contributed by atoms with E-state index in [1.54, 1.807) is 6.92 Å². The maximum Gasteiger partial charge on any atom is 0.248 e. The molecule has 1 aromatic rings. The lowest BCUT2D eigenvalue weighted by Crippen LogP contribution is -2.53. The predicted octanol–water partition coefficient (Wildman–Crippen LogP) is 0.723. The Labute approximate surface area is 136 Å². The molecule has 0 aliphatic carbocycles. The Bertz CT molecular complexity index is 527. The van der Waals surface area contributed by atoms with Gasteiger partial charge in [-0.2, -0.15) is 4.98 Å². The van der Waals surface area contributed by atoms with Gasteiger partial charge in [0.15, 0.2) is 11.8 Å². The van der Waals surface area contributed by atoms with Crippen LogP contribution >= 0.6 is 0 Å². The Morgan fingerprint density at radius 1 is 1.35 bits per heavy atom. The monoisotopic (exact) mass is 323 g/mol. The first-order chi connectivity index (χ1) is 11.3. The molecule has 1 N–H and O–H groups in total. The van der Waals surface area contributed by atoms with Crippen molar-refractivity contribution in [2.24, 2.45) is 4.99 Å². The molecular weight excluding hydrogens is 298 g/mol. The number of hydrogen-bond donors (Lipinski definition) is 1. The zero-order valence-corrected chi connectivity index (χ0v) is 13.8. The van der Waals surface area contributed by atoms with Crippen molar-refractivity contribution in [2.75, 3.05) is 32.8 Å². The molecule has 0 amide bonds. The average Bonchev–Trinajstić information content (AvgIpc) is 3.23. The first-order valence-electron chi connectivity index (χ1n) is 8.32. The molecule has 8 heteroatoms. The van der Waals surface area contributed by atoms with Gasteiger partial charge in [-0.1, -0.05) is 5.16 Å². The van der Waals surface area contributed by atoms with Crippen molar-refractivity contribution >= 4 is 5.96 Å². The van der Waals surface area contributed by atoms with E-state index in [0.717, 1.165) is 45.0 Å². The number of hydrogen-bond acceptors (Lipinski definition) is 6. The fourth-order valence-corrected chi connectivity index (χ4v) is 2.96. The third-order valence-electron chi connectivity index (χ3n) is 4.04. The summed E-state index contributed by atoms with van der Waals surface area (Å²) in [5.41, 5.74) is 0. The summed E-state index contributed by atoms with van der Waals surface area (Å²) >= 11 is 0. The minimum absolute atomic E-state index is 0.112. The highest BCUT2D eigenvalue weighted by atomic mass is 16.5. The van der Waals surface area contributed by atoms with Gasteiger partial charge in [0, 0.05) is 26.2 Å². The minimum Gasteiger partial charge on any atom is -0.375 e. The Hall–Kier alpha value is -1.67. The molecule has 0 radical (unpaired) electrons. The summed E-state index contributed by atoms with van der Waals surface area (Å²) in [4.78, 5) is 11.0. The van der Waals surface area contributed by atoms with Crippen LogP contribution in [0.3, 0.4) is 0 Å². The Balaban J connectivity index is 1.64. The summed E-state index contributed by atoms with van der Waals surface area (Å²) in [5, 5.41) is 7.12. The van der Waals surface area contributed by atoms with Crippen molar-refractivity contribution in [3.05, 3.63) is 11.7 Å². The molecule has 0 aromatic carbocycles. The van der Waals surface area contributed by atoms with E-state index < -0.39 is 0 Å². The van der Waals surface area contributed by atoms with Gasteiger partial charge in [-0.05, 0) is 26.7 Å². The SMILES string of the molecule is CCNC(=NCc1nc(C)no1)N1CCOC(C2CCCO2)C1. The van der Waals surface area contributed by atoms with E-state index in [1.165, 1.54) is 0 Å². The van der Waals surface area contributed by atoms with Crippen LogP contribution in [-0.4, -0.2) is 66.1 Å². The quantitative estimate of drug-likeness (QED) is 0.645. The number of nitrogens with one attached hydrogen (secondary N) is 1. The lowest BCUT2D eigenvalue weighted by atomic mass is 10.1. The number of aromatic nitrogens is 2. The third kappa shape index (κ3) is 4.20. The number of ether oxygens (including phenoxy) is 2. The number of rotatable bonds is 4. The van der Waals surface area contributed by atoms with E-state index in [1.807, 2.05) is 0 Å². The molecular formula is C15H25N5O3. The molecule has 2 unspecified atom stereocenters. The first kappa shape index (κ1) is 16.2. The molecule has 3 rings (SSSR count). The second-order valence-corrected chi connectivity index (χ2v) is 5.81. The van der Waals surface area contributed by atoms with Gasteiger partial charge in [0.25, 0.3) is 0 Å². The minimum atomic E-state index is 0.112. The van der Waals surface area contributed by atoms with Crippen molar-refractivity contribution in [3.8, 4) is 0 Å². The normalized spacial score (nSPS) is 25.8. The van der Waals surface area contributed by atoms with Crippen LogP contribution in [0.5, 0.6) is 0 Å². The number of aryl methyl sites for hydroxylation is 1. The van der Waals surface area contributed by atoms with Gasteiger partial charge in [-0.3, -0.25) is 0 Å². The zero-order valence-electron chi connectivity index (χ0n) is 13.8. The van der Waals surface area contributed by atoms with Crippen LogP contribution in [0, 0.1) is 6.92 Å². The van der Waals surface area contributed by atoms with Crippen LogP contribution in [0.2, 0.25) is 0 Å². The van der Waals surface area contributed by atoms with Crippen LogP contribution in [0.1, 0.15) is 31.5 Å². The molecule has 8 nitrogen and oxygen atoms in total. The molecule has 1 aromatic heterocycles. The maximum atomic E-state index is 5.90. The van der Waals surface area contributed by atoms with Gasteiger partial charge in [-0.15, -0.1) is 0 Å². The van der Waals surface area contributed by atoms with Crippen molar-refractivity contribution in [1.82, 2.24) is 20.4 Å². The topological polar surface area (TPSA) is 85.0 Å². The highest BCUT2D eigenvalue weighted by molar-refractivity contribution is 5.80. The summed E-state index contributed by atoms with van der Waals surface area (Å²) in [5.74, 6) is 2.02. The molecule has 3 heterocycles. The van der Waals surface area contributed by atoms with Gasteiger partial charge in [0.1, 0.15) is 12.6 Å². The van der Waals surface area contributed by atoms with E-state index in [2.05, 4.69) is 32.3 Å². The summed E-state index contributed by atoms with van der Waals surface area (Å²) in [6.45, 7) is 8.19. The number of guanidine groups is 1. The number of nitrogens with zero attached hydrogens (tertiary/aromatic N) is 4. The van der Waals surface area contributed by atoms with Gasteiger partial charge < -0.3 is 24.2 Å². The standard InChI is InChI=1S/C15H25N5O3/c1-3-16-15(17-9-14-18-11(2)19-23-14)20-6-8-22-13(10-20)12-5-4-7-21-12/h12-13H,3-10H2,1-2H3,(H,16,17). The fraction of sp³-hybridized carbons (Fsp3) is 0.800. The molecule has 2 atom stereocenters. The Kier molecular flexibility index (Phi) is 5.45. The van der Waals surface area contributed by atoms with E-state index in [4.69, 9.17) is 14.0 Å². The largest absolute Gasteiger partial charge is 0.375 e. The Morgan fingerprint density at radius 3 is 2.91 bits per heavy atom. The predicted molar refractivity (Wildman–Crippen MR) is 84.1 cm³/mol. The smallest absolute Gasteiger partial charge is 0.248 e. The van der Waals surface area contributed by atoms with Crippen molar-refractivity contribution < 1.29 is 14.0 Å².